The molecule has 0 radical (unpaired) electrons. The molecule has 202 valence electrons. The summed E-state index contributed by atoms with van der Waals surface area (Å²) in [5.74, 6) is -1.39. The van der Waals surface area contributed by atoms with Gasteiger partial charge in [0.15, 0.2) is 0 Å². The molecule has 0 heterocycles. The Bertz CT molecular complexity index is 917. The molecule has 0 aliphatic carbocycles. The van der Waals surface area contributed by atoms with Crippen molar-refractivity contribution in [3.05, 3.63) is 29.3 Å². The number of alkyl carbamates (subject to hydrolysis) is 1. The minimum absolute atomic E-state index is 0.134. The van der Waals surface area contributed by atoms with E-state index in [-0.39, 0.29) is 17.9 Å². The van der Waals surface area contributed by atoms with Gasteiger partial charge in [0.2, 0.25) is 11.8 Å². The summed E-state index contributed by atoms with van der Waals surface area (Å²) in [6.45, 7) is 8.44. The van der Waals surface area contributed by atoms with Gasteiger partial charge in [0.1, 0.15) is 30.0 Å². The smallest absolute Gasteiger partial charge is 0.408 e. The number of phenolic OH excluding ortho intramolecular Hbond substituents is 1. The van der Waals surface area contributed by atoms with Crippen LogP contribution in [-0.2, 0) is 23.9 Å². The Hall–Kier alpha value is -2.95. The van der Waals surface area contributed by atoms with Gasteiger partial charge >= 0.3 is 12.1 Å². The van der Waals surface area contributed by atoms with Crippen LogP contribution >= 0.6 is 11.8 Å². The van der Waals surface area contributed by atoms with Crippen molar-refractivity contribution < 1.29 is 33.8 Å². The van der Waals surface area contributed by atoms with Crippen molar-refractivity contribution in [1.82, 2.24) is 15.5 Å². The van der Waals surface area contributed by atoms with Gasteiger partial charge in [-0.05, 0) is 58.1 Å². The predicted molar refractivity (Wildman–Crippen MR) is 139 cm³/mol. The molecule has 0 aliphatic heterocycles. The number of para-hydroxylation sites is 1. The first kappa shape index (κ1) is 31.1. The number of esters is 1. The molecule has 0 spiro atoms. The number of carbonyl (C=O) groups is 4. The molecule has 0 saturated heterocycles. The number of thioether (sulfide) groups is 1. The minimum atomic E-state index is -1.25. The number of ether oxygens (including phenoxy) is 2. The fourth-order valence-corrected chi connectivity index (χ4v) is 3.90. The molecule has 0 aliphatic rings. The van der Waals surface area contributed by atoms with E-state index in [1.807, 2.05) is 13.2 Å². The zero-order valence-corrected chi connectivity index (χ0v) is 23.0. The van der Waals surface area contributed by atoms with E-state index in [2.05, 4.69) is 15.4 Å². The zero-order valence-electron chi connectivity index (χ0n) is 22.2. The molecule has 1 aromatic carbocycles. The van der Waals surface area contributed by atoms with Crippen LogP contribution in [0.2, 0.25) is 0 Å². The van der Waals surface area contributed by atoms with E-state index in [1.54, 1.807) is 45.9 Å². The molecule has 0 aromatic heterocycles. The van der Waals surface area contributed by atoms with Gasteiger partial charge in [-0.3, -0.25) is 14.4 Å². The third-order valence-corrected chi connectivity index (χ3v) is 5.75. The highest BCUT2D eigenvalue weighted by atomic mass is 32.2. The Labute approximate surface area is 217 Å². The van der Waals surface area contributed by atoms with Crippen molar-refractivity contribution in [2.24, 2.45) is 0 Å². The van der Waals surface area contributed by atoms with E-state index >= 15 is 0 Å². The number of hydrogen-bond donors (Lipinski definition) is 3. The van der Waals surface area contributed by atoms with Crippen molar-refractivity contribution in [3.8, 4) is 5.75 Å². The van der Waals surface area contributed by atoms with Crippen LogP contribution < -0.4 is 10.6 Å². The molecule has 0 bridgehead atoms. The number of methoxy groups -OCH3 is 1. The summed E-state index contributed by atoms with van der Waals surface area (Å²) in [6, 6.07) is 2.68. The fourth-order valence-electron chi connectivity index (χ4n) is 3.43. The number of hydrogen-bond acceptors (Lipinski definition) is 8. The quantitative estimate of drug-likeness (QED) is 0.355. The molecule has 2 atom stereocenters. The molecule has 10 nitrogen and oxygen atoms in total. The summed E-state index contributed by atoms with van der Waals surface area (Å²) in [4.78, 5) is 52.7. The molecular formula is C25H39N3O7S. The van der Waals surface area contributed by atoms with Gasteiger partial charge in [-0.25, -0.2) is 4.79 Å². The molecular weight excluding hydrogens is 486 g/mol. The van der Waals surface area contributed by atoms with Gasteiger partial charge in [-0.2, -0.15) is 11.8 Å². The second kappa shape index (κ2) is 14.6. The van der Waals surface area contributed by atoms with Crippen molar-refractivity contribution in [2.75, 3.05) is 32.2 Å². The van der Waals surface area contributed by atoms with Crippen LogP contribution in [-0.4, -0.2) is 77.7 Å². The number of rotatable bonds is 12. The van der Waals surface area contributed by atoms with Crippen LogP contribution in [0.25, 0.3) is 0 Å². The fraction of sp³-hybridized carbons (Fsp3) is 0.600. The Morgan fingerprint density at radius 1 is 1.19 bits per heavy atom. The largest absolute Gasteiger partial charge is 0.507 e. The van der Waals surface area contributed by atoms with Crippen molar-refractivity contribution in [2.45, 2.75) is 65.1 Å². The van der Waals surface area contributed by atoms with Crippen molar-refractivity contribution >= 4 is 35.6 Å². The van der Waals surface area contributed by atoms with Crippen LogP contribution in [0.4, 0.5) is 4.79 Å². The van der Waals surface area contributed by atoms with Crippen LogP contribution in [0.5, 0.6) is 5.75 Å². The topological polar surface area (TPSA) is 134 Å². The first-order valence-corrected chi connectivity index (χ1v) is 13.2. The molecule has 0 saturated carbocycles. The van der Waals surface area contributed by atoms with E-state index in [1.165, 1.54) is 23.8 Å². The summed E-state index contributed by atoms with van der Waals surface area (Å²) >= 11 is 1.51. The summed E-state index contributed by atoms with van der Waals surface area (Å²) in [6.07, 6.45) is 1.94. The highest BCUT2D eigenvalue weighted by molar-refractivity contribution is 7.98. The summed E-state index contributed by atoms with van der Waals surface area (Å²) in [7, 11) is 1.20. The Kier molecular flexibility index (Phi) is 12.6. The first-order chi connectivity index (χ1) is 16.9. The minimum Gasteiger partial charge on any atom is -0.507 e. The number of carbonyl (C=O) groups excluding carboxylic acids is 4. The van der Waals surface area contributed by atoms with Gasteiger partial charge in [0, 0.05) is 12.1 Å². The molecule has 3 amide bonds. The summed E-state index contributed by atoms with van der Waals surface area (Å²) in [5.41, 5.74) is -0.0303. The highest BCUT2D eigenvalue weighted by Gasteiger charge is 2.37. The van der Waals surface area contributed by atoms with Gasteiger partial charge in [0.05, 0.1) is 7.11 Å². The van der Waals surface area contributed by atoms with E-state index < -0.39 is 48.1 Å². The lowest BCUT2D eigenvalue weighted by atomic mass is 9.98. The number of aromatic hydroxyl groups is 1. The number of nitrogens with zero attached hydrogens (tertiary/aromatic N) is 1. The lowest BCUT2D eigenvalue weighted by molar-refractivity contribution is -0.144. The maximum absolute atomic E-state index is 13.8. The second-order valence-corrected chi connectivity index (χ2v) is 10.2. The van der Waals surface area contributed by atoms with Crippen LogP contribution in [0, 0.1) is 6.92 Å². The number of phenols is 1. The van der Waals surface area contributed by atoms with E-state index in [4.69, 9.17) is 4.74 Å². The molecule has 1 aromatic rings. The third-order valence-electron chi connectivity index (χ3n) is 5.11. The van der Waals surface area contributed by atoms with Crippen LogP contribution in [0.3, 0.4) is 0 Å². The predicted octanol–water partition coefficient (Wildman–Crippen LogP) is 2.92. The lowest BCUT2D eigenvalue weighted by Crippen LogP contribution is -2.53. The molecule has 11 heteroatoms. The molecule has 36 heavy (non-hydrogen) atoms. The first-order valence-electron chi connectivity index (χ1n) is 11.8. The maximum Gasteiger partial charge on any atom is 0.408 e. The van der Waals surface area contributed by atoms with Gasteiger partial charge in [-0.15, -0.1) is 0 Å². The van der Waals surface area contributed by atoms with E-state index in [9.17, 15) is 24.3 Å². The van der Waals surface area contributed by atoms with Crippen LogP contribution in [0.15, 0.2) is 18.2 Å². The average Bonchev–Trinajstić information content (AvgIpc) is 2.80. The standard InChI is InChI=1S/C25H39N3O7S/c1-8-13-28(23(32)18(12-14-36-7)27-24(33)35-25(3,4)5)20(22(31)26-15-19(29)34-6)17-11-9-10-16(2)21(17)30/h9-11,18,20,30H,8,12-15H2,1-7H3,(H,26,31)(H,27,33). The van der Waals surface area contributed by atoms with E-state index in [0.717, 1.165) is 0 Å². The molecule has 3 N–H and O–H groups in total. The van der Waals surface area contributed by atoms with Crippen molar-refractivity contribution in [3.63, 3.8) is 0 Å². The van der Waals surface area contributed by atoms with Crippen molar-refractivity contribution in [1.29, 1.82) is 0 Å². The van der Waals surface area contributed by atoms with E-state index in [0.29, 0.717) is 24.2 Å². The number of amides is 3. The molecule has 0 fully saturated rings. The maximum atomic E-state index is 13.8. The number of benzene rings is 1. The Balaban J connectivity index is 3.47. The molecule has 1 rings (SSSR count). The monoisotopic (exact) mass is 525 g/mol. The molecule has 2 unspecified atom stereocenters. The summed E-state index contributed by atoms with van der Waals surface area (Å²) in [5, 5.41) is 15.9. The second-order valence-electron chi connectivity index (χ2n) is 9.22. The highest BCUT2D eigenvalue weighted by Crippen LogP contribution is 2.32. The van der Waals surface area contributed by atoms with Gasteiger partial charge in [-0.1, -0.05) is 25.1 Å². The summed E-state index contributed by atoms with van der Waals surface area (Å²) < 4.78 is 9.95. The average molecular weight is 526 g/mol. The van der Waals surface area contributed by atoms with Gasteiger partial charge in [0.25, 0.3) is 0 Å². The normalized spacial score (nSPS) is 12.8. The number of nitrogens with one attached hydrogen (secondary N) is 2. The third kappa shape index (κ3) is 9.60. The van der Waals surface area contributed by atoms with Gasteiger partial charge < -0.3 is 30.1 Å². The Morgan fingerprint density at radius 2 is 1.86 bits per heavy atom. The SMILES string of the molecule is CCCN(C(=O)C(CCSC)NC(=O)OC(C)(C)C)C(C(=O)NCC(=O)OC)c1cccc(C)c1O. The number of aryl methyl sites for hydroxylation is 1. The lowest BCUT2D eigenvalue weighted by Gasteiger charge is -2.34. The Morgan fingerprint density at radius 3 is 2.42 bits per heavy atom. The zero-order chi connectivity index (χ0) is 27.5. The van der Waals surface area contributed by atoms with Crippen LogP contribution in [0.1, 0.15) is 57.7 Å².